The van der Waals surface area contributed by atoms with Gasteiger partial charge in [0, 0.05) is 23.1 Å². The van der Waals surface area contributed by atoms with Gasteiger partial charge in [-0.3, -0.25) is 4.79 Å². The summed E-state index contributed by atoms with van der Waals surface area (Å²) in [7, 11) is 1.59. The van der Waals surface area contributed by atoms with Gasteiger partial charge in [-0.05, 0) is 41.1 Å². The third-order valence-electron chi connectivity index (χ3n) is 2.30. The van der Waals surface area contributed by atoms with Crippen molar-refractivity contribution in [3.63, 3.8) is 0 Å². The lowest BCUT2D eigenvalue weighted by Gasteiger charge is -2.16. The summed E-state index contributed by atoms with van der Waals surface area (Å²) in [4.78, 5) is 11.7. The van der Waals surface area contributed by atoms with Gasteiger partial charge in [0.25, 0.3) is 0 Å². The molecule has 4 nitrogen and oxygen atoms in total. The SMILES string of the molecule is COCCNC(=O)C(C)Nc1cc(Cl)ccc1Br. The fraction of sp³-hybridized carbons (Fsp3) is 0.417. The molecule has 0 spiro atoms. The summed E-state index contributed by atoms with van der Waals surface area (Å²) < 4.78 is 5.73. The Morgan fingerprint density at radius 2 is 2.28 bits per heavy atom. The second kappa shape index (κ2) is 7.61. The van der Waals surface area contributed by atoms with Crippen LogP contribution >= 0.6 is 27.5 Å². The zero-order chi connectivity index (χ0) is 13.5. The Labute approximate surface area is 120 Å². The highest BCUT2D eigenvalue weighted by atomic mass is 79.9. The molecule has 1 aromatic rings. The minimum absolute atomic E-state index is 0.0843. The van der Waals surface area contributed by atoms with Crippen molar-refractivity contribution in [3.05, 3.63) is 27.7 Å². The van der Waals surface area contributed by atoms with E-state index in [0.29, 0.717) is 18.2 Å². The lowest BCUT2D eigenvalue weighted by atomic mass is 10.2. The summed E-state index contributed by atoms with van der Waals surface area (Å²) in [5.74, 6) is -0.0843. The van der Waals surface area contributed by atoms with Crippen LogP contribution in [0.15, 0.2) is 22.7 Å². The van der Waals surface area contributed by atoms with Crippen molar-refractivity contribution in [2.24, 2.45) is 0 Å². The van der Waals surface area contributed by atoms with Crippen LogP contribution in [0.2, 0.25) is 5.02 Å². The maximum absolute atomic E-state index is 11.7. The third kappa shape index (κ3) is 4.84. The smallest absolute Gasteiger partial charge is 0.242 e. The predicted octanol–water partition coefficient (Wildman–Crippen LogP) is 2.67. The number of methoxy groups -OCH3 is 1. The Morgan fingerprint density at radius 1 is 1.56 bits per heavy atom. The summed E-state index contributed by atoms with van der Waals surface area (Å²) >= 11 is 9.30. The molecule has 0 heterocycles. The number of benzene rings is 1. The maximum Gasteiger partial charge on any atom is 0.242 e. The van der Waals surface area contributed by atoms with E-state index in [2.05, 4.69) is 26.6 Å². The molecule has 1 amide bonds. The zero-order valence-electron chi connectivity index (χ0n) is 10.3. The number of ether oxygens (including phenoxy) is 1. The molecule has 0 aliphatic carbocycles. The van der Waals surface area contributed by atoms with Gasteiger partial charge >= 0.3 is 0 Å². The van der Waals surface area contributed by atoms with Gasteiger partial charge in [0.2, 0.25) is 5.91 Å². The molecule has 0 aromatic heterocycles. The molecule has 0 aliphatic heterocycles. The molecule has 0 aliphatic rings. The molecule has 100 valence electrons. The normalized spacial score (nSPS) is 12.0. The quantitative estimate of drug-likeness (QED) is 0.786. The van der Waals surface area contributed by atoms with Gasteiger partial charge in [0.1, 0.15) is 6.04 Å². The van der Waals surface area contributed by atoms with E-state index in [4.69, 9.17) is 16.3 Å². The van der Waals surface area contributed by atoms with Crippen molar-refractivity contribution in [1.82, 2.24) is 5.32 Å². The van der Waals surface area contributed by atoms with E-state index in [1.165, 1.54) is 0 Å². The highest BCUT2D eigenvalue weighted by molar-refractivity contribution is 9.10. The van der Waals surface area contributed by atoms with Crippen molar-refractivity contribution in [1.29, 1.82) is 0 Å². The molecule has 6 heteroatoms. The largest absolute Gasteiger partial charge is 0.383 e. The van der Waals surface area contributed by atoms with Crippen molar-refractivity contribution < 1.29 is 9.53 Å². The zero-order valence-corrected chi connectivity index (χ0v) is 12.6. The first-order valence-corrected chi connectivity index (χ1v) is 6.70. The summed E-state index contributed by atoms with van der Waals surface area (Å²) in [6, 6.07) is 5.03. The van der Waals surface area contributed by atoms with Crippen molar-refractivity contribution in [3.8, 4) is 0 Å². The molecular weight excluding hydrogens is 320 g/mol. The number of hydrogen-bond donors (Lipinski definition) is 2. The van der Waals surface area contributed by atoms with Crippen LogP contribution in [0.3, 0.4) is 0 Å². The molecule has 0 radical (unpaired) electrons. The van der Waals surface area contributed by atoms with E-state index in [0.717, 1.165) is 10.2 Å². The molecular formula is C12H16BrClN2O2. The average Bonchev–Trinajstić information content (AvgIpc) is 2.34. The molecule has 0 bridgehead atoms. The van der Waals surface area contributed by atoms with Crippen LogP contribution in [-0.4, -0.2) is 32.2 Å². The molecule has 1 aromatic carbocycles. The molecule has 1 unspecified atom stereocenters. The minimum atomic E-state index is -0.350. The van der Waals surface area contributed by atoms with Crippen molar-refractivity contribution >= 4 is 39.1 Å². The van der Waals surface area contributed by atoms with E-state index in [-0.39, 0.29) is 11.9 Å². The van der Waals surface area contributed by atoms with Gasteiger partial charge in [-0.25, -0.2) is 0 Å². The topological polar surface area (TPSA) is 50.4 Å². The average molecular weight is 336 g/mol. The Balaban J connectivity index is 2.55. The molecule has 2 N–H and O–H groups in total. The van der Waals surface area contributed by atoms with Crippen LogP contribution in [0.5, 0.6) is 0 Å². The summed E-state index contributed by atoms with van der Waals surface area (Å²) in [6.07, 6.45) is 0. The number of carbonyl (C=O) groups excluding carboxylic acids is 1. The number of rotatable bonds is 6. The molecule has 1 rings (SSSR count). The first-order chi connectivity index (χ1) is 8.54. The van der Waals surface area contributed by atoms with Crippen LogP contribution < -0.4 is 10.6 Å². The number of hydrogen-bond acceptors (Lipinski definition) is 3. The highest BCUT2D eigenvalue weighted by Gasteiger charge is 2.13. The fourth-order valence-electron chi connectivity index (χ4n) is 1.34. The lowest BCUT2D eigenvalue weighted by Crippen LogP contribution is -2.39. The van der Waals surface area contributed by atoms with Crippen LogP contribution in [-0.2, 0) is 9.53 Å². The van der Waals surface area contributed by atoms with Gasteiger partial charge in [-0.1, -0.05) is 11.6 Å². The van der Waals surface area contributed by atoms with E-state index in [1.807, 2.05) is 6.07 Å². The molecule has 0 saturated carbocycles. The second-order valence-electron chi connectivity index (χ2n) is 3.77. The molecule has 0 saturated heterocycles. The first kappa shape index (κ1) is 15.3. The van der Waals surface area contributed by atoms with E-state index >= 15 is 0 Å². The lowest BCUT2D eigenvalue weighted by molar-refractivity contribution is -0.121. The number of nitrogens with one attached hydrogen (secondary N) is 2. The van der Waals surface area contributed by atoms with Crippen molar-refractivity contribution in [2.75, 3.05) is 25.6 Å². The van der Waals surface area contributed by atoms with Gasteiger partial charge in [-0.15, -0.1) is 0 Å². The van der Waals surface area contributed by atoms with Crippen molar-refractivity contribution in [2.45, 2.75) is 13.0 Å². The third-order valence-corrected chi connectivity index (χ3v) is 3.23. The summed E-state index contributed by atoms with van der Waals surface area (Å²) in [6.45, 7) is 2.78. The van der Waals surface area contributed by atoms with Crippen LogP contribution in [0.25, 0.3) is 0 Å². The van der Waals surface area contributed by atoms with Gasteiger partial charge in [0.15, 0.2) is 0 Å². The Bertz CT molecular complexity index is 415. The standard InChI is InChI=1S/C12H16BrClN2O2/c1-8(12(17)15-5-6-18-2)16-11-7-9(14)3-4-10(11)13/h3-4,7-8,16H,5-6H2,1-2H3,(H,15,17). The van der Waals surface area contributed by atoms with Crippen LogP contribution in [0.1, 0.15) is 6.92 Å². The van der Waals surface area contributed by atoms with Crippen LogP contribution in [0.4, 0.5) is 5.69 Å². The molecule has 1 atom stereocenters. The van der Waals surface area contributed by atoms with E-state index in [9.17, 15) is 4.79 Å². The Kier molecular flexibility index (Phi) is 6.46. The Morgan fingerprint density at radius 3 is 2.94 bits per heavy atom. The van der Waals surface area contributed by atoms with Gasteiger partial charge in [0.05, 0.1) is 12.3 Å². The van der Waals surface area contributed by atoms with Crippen LogP contribution in [0, 0.1) is 0 Å². The Hall–Kier alpha value is -0.780. The molecule has 18 heavy (non-hydrogen) atoms. The number of amides is 1. The molecule has 0 fully saturated rings. The fourth-order valence-corrected chi connectivity index (χ4v) is 1.87. The number of anilines is 1. The highest BCUT2D eigenvalue weighted by Crippen LogP contribution is 2.26. The monoisotopic (exact) mass is 334 g/mol. The predicted molar refractivity (Wildman–Crippen MR) is 77.1 cm³/mol. The number of carbonyl (C=O) groups is 1. The summed E-state index contributed by atoms with van der Waals surface area (Å²) in [5, 5.41) is 6.47. The first-order valence-electron chi connectivity index (χ1n) is 5.53. The maximum atomic E-state index is 11.7. The van der Waals surface area contributed by atoms with Gasteiger partial charge < -0.3 is 15.4 Å². The second-order valence-corrected chi connectivity index (χ2v) is 5.06. The summed E-state index contributed by atoms with van der Waals surface area (Å²) in [5.41, 5.74) is 0.789. The van der Waals surface area contributed by atoms with E-state index < -0.39 is 0 Å². The van der Waals surface area contributed by atoms with E-state index in [1.54, 1.807) is 26.2 Å². The van der Waals surface area contributed by atoms with Gasteiger partial charge in [-0.2, -0.15) is 0 Å². The number of halogens is 2. The minimum Gasteiger partial charge on any atom is -0.383 e.